The van der Waals surface area contributed by atoms with Crippen LogP contribution in [0.5, 0.6) is 0 Å². The first-order valence-corrected chi connectivity index (χ1v) is 5.31. The minimum absolute atomic E-state index is 0.208. The van der Waals surface area contributed by atoms with Gasteiger partial charge in [0.25, 0.3) is 0 Å². The van der Waals surface area contributed by atoms with Gasteiger partial charge < -0.3 is 9.73 Å². The lowest BCUT2D eigenvalue weighted by atomic mass is 10.0. The van der Waals surface area contributed by atoms with Crippen LogP contribution in [0.4, 0.5) is 0 Å². The Morgan fingerprint density at radius 1 is 1.24 bits per heavy atom. The molecule has 3 heteroatoms. The molecule has 2 aromatic rings. The van der Waals surface area contributed by atoms with Crippen LogP contribution in [-0.2, 0) is 4.79 Å². The van der Waals surface area contributed by atoms with Gasteiger partial charge in [-0.05, 0) is 17.7 Å². The second kappa shape index (κ2) is 5.16. The fourth-order valence-electron chi connectivity index (χ4n) is 1.65. The summed E-state index contributed by atoms with van der Waals surface area (Å²) in [5, 5.41) is 2.87. The molecule has 3 nitrogen and oxygen atoms in total. The second-order valence-corrected chi connectivity index (χ2v) is 3.61. The standard InChI is InChI=1S/C14H13NO2/c1-2-13(16)15-14(12-8-9-17-10-12)11-6-4-3-5-7-11/h2-10,14H,1H2,(H,15,16). The number of hydrogen-bond donors (Lipinski definition) is 1. The Bertz CT molecular complexity index is 488. The van der Waals surface area contributed by atoms with Crippen LogP contribution in [0.15, 0.2) is 66.0 Å². The van der Waals surface area contributed by atoms with Gasteiger partial charge in [-0.15, -0.1) is 0 Å². The van der Waals surface area contributed by atoms with Crippen molar-refractivity contribution in [1.29, 1.82) is 0 Å². The third kappa shape index (κ3) is 2.64. The molecular weight excluding hydrogens is 214 g/mol. The van der Waals surface area contributed by atoms with Crippen LogP contribution in [0, 0.1) is 0 Å². The van der Waals surface area contributed by atoms with E-state index in [4.69, 9.17) is 4.42 Å². The van der Waals surface area contributed by atoms with Gasteiger partial charge in [0.1, 0.15) is 0 Å². The van der Waals surface area contributed by atoms with Crippen LogP contribution in [0.1, 0.15) is 17.2 Å². The molecule has 0 fully saturated rings. The quantitative estimate of drug-likeness (QED) is 0.816. The molecule has 0 bridgehead atoms. The smallest absolute Gasteiger partial charge is 0.244 e. The van der Waals surface area contributed by atoms with Crippen LogP contribution in [0.3, 0.4) is 0 Å². The molecule has 0 saturated heterocycles. The molecule has 0 aliphatic rings. The Morgan fingerprint density at radius 2 is 2.00 bits per heavy atom. The zero-order chi connectivity index (χ0) is 12.1. The van der Waals surface area contributed by atoms with Gasteiger partial charge in [-0.1, -0.05) is 36.9 Å². The number of benzene rings is 1. The fraction of sp³-hybridized carbons (Fsp3) is 0.0714. The van der Waals surface area contributed by atoms with Gasteiger partial charge in [-0.3, -0.25) is 4.79 Å². The summed E-state index contributed by atoms with van der Waals surface area (Å²) < 4.78 is 5.06. The summed E-state index contributed by atoms with van der Waals surface area (Å²) in [6.07, 6.45) is 4.47. The van der Waals surface area contributed by atoms with E-state index in [1.54, 1.807) is 12.5 Å². The summed E-state index contributed by atoms with van der Waals surface area (Å²) in [5.41, 5.74) is 1.91. The maximum atomic E-state index is 11.4. The van der Waals surface area contributed by atoms with Crippen LogP contribution in [0.25, 0.3) is 0 Å². The molecule has 2 rings (SSSR count). The number of amides is 1. The lowest BCUT2D eigenvalue weighted by Crippen LogP contribution is -2.27. The average Bonchev–Trinajstić information content (AvgIpc) is 2.90. The van der Waals surface area contributed by atoms with Crippen LogP contribution in [0.2, 0.25) is 0 Å². The van der Waals surface area contributed by atoms with Crippen molar-refractivity contribution >= 4 is 5.91 Å². The highest BCUT2D eigenvalue weighted by Crippen LogP contribution is 2.22. The summed E-state index contributed by atoms with van der Waals surface area (Å²) in [5.74, 6) is -0.208. The molecule has 0 radical (unpaired) electrons. The van der Waals surface area contributed by atoms with Crippen molar-refractivity contribution < 1.29 is 9.21 Å². The molecule has 1 heterocycles. The van der Waals surface area contributed by atoms with Crippen LogP contribution < -0.4 is 5.32 Å². The summed E-state index contributed by atoms with van der Waals surface area (Å²) in [6, 6.07) is 11.3. The largest absolute Gasteiger partial charge is 0.472 e. The van der Waals surface area contributed by atoms with E-state index >= 15 is 0 Å². The molecule has 17 heavy (non-hydrogen) atoms. The third-order valence-electron chi connectivity index (χ3n) is 2.48. The zero-order valence-corrected chi connectivity index (χ0v) is 9.30. The van der Waals surface area contributed by atoms with Crippen molar-refractivity contribution in [2.45, 2.75) is 6.04 Å². The van der Waals surface area contributed by atoms with Gasteiger partial charge in [0.2, 0.25) is 5.91 Å². The first kappa shape index (κ1) is 11.2. The highest BCUT2D eigenvalue weighted by molar-refractivity contribution is 5.87. The van der Waals surface area contributed by atoms with Crippen molar-refractivity contribution in [3.8, 4) is 0 Å². The molecule has 1 unspecified atom stereocenters. The van der Waals surface area contributed by atoms with Crippen molar-refractivity contribution in [3.05, 3.63) is 72.7 Å². The van der Waals surface area contributed by atoms with Crippen LogP contribution >= 0.6 is 0 Å². The summed E-state index contributed by atoms with van der Waals surface area (Å²) in [4.78, 5) is 11.4. The first-order chi connectivity index (χ1) is 8.31. The molecule has 1 atom stereocenters. The number of nitrogens with one attached hydrogen (secondary N) is 1. The average molecular weight is 227 g/mol. The molecule has 1 N–H and O–H groups in total. The molecule has 0 aliphatic heterocycles. The Balaban J connectivity index is 2.31. The molecule has 0 aliphatic carbocycles. The Kier molecular flexibility index (Phi) is 3.40. The lowest BCUT2D eigenvalue weighted by molar-refractivity contribution is -0.116. The van der Waals surface area contributed by atoms with E-state index in [0.717, 1.165) is 11.1 Å². The second-order valence-electron chi connectivity index (χ2n) is 3.61. The SMILES string of the molecule is C=CC(=O)NC(c1ccccc1)c1ccoc1. The van der Waals surface area contributed by atoms with Gasteiger partial charge in [0, 0.05) is 5.56 Å². The van der Waals surface area contributed by atoms with Gasteiger partial charge >= 0.3 is 0 Å². The lowest BCUT2D eigenvalue weighted by Gasteiger charge is -2.16. The fourth-order valence-corrected chi connectivity index (χ4v) is 1.65. The van der Waals surface area contributed by atoms with E-state index in [1.165, 1.54) is 6.08 Å². The highest BCUT2D eigenvalue weighted by atomic mass is 16.3. The Hall–Kier alpha value is -2.29. The molecule has 0 saturated carbocycles. The van der Waals surface area contributed by atoms with Crippen LogP contribution in [-0.4, -0.2) is 5.91 Å². The summed E-state index contributed by atoms with van der Waals surface area (Å²) >= 11 is 0. The maximum absolute atomic E-state index is 11.4. The van der Waals surface area contributed by atoms with Gasteiger partial charge in [-0.2, -0.15) is 0 Å². The molecule has 1 aromatic heterocycles. The highest BCUT2D eigenvalue weighted by Gasteiger charge is 2.16. The van der Waals surface area contributed by atoms with E-state index in [-0.39, 0.29) is 11.9 Å². The number of hydrogen-bond acceptors (Lipinski definition) is 2. The van der Waals surface area contributed by atoms with Gasteiger partial charge in [0.05, 0.1) is 18.6 Å². The normalized spacial score (nSPS) is 11.8. The van der Waals surface area contributed by atoms with Gasteiger partial charge in [-0.25, -0.2) is 0 Å². The topological polar surface area (TPSA) is 42.2 Å². The Labute approximate surface area is 99.8 Å². The number of rotatable bonds is 4. The van der Waals surface area contributed by atoms with E-state index in [9.17, 15) is 4.79 Å². The number of furan rings is 1. The molecule has 1 aromatic carbocycles. The Morgan fingerprint density at radius 3 is 2.59 bits per heavy atom. The van der Waals surface area contributed by atoms with Crippen molar-refractivity contribution in [2.75, 3.05) is 0 Å². The van der Waals surface area contributed by atoms with E-state index < -0.39 is 0 Å². The van der Waals surface area contributed by atoms with Gasteiger partial charge in [0.15, 0.2) is 0 Å². The number of carbonyl (C=O) groups is 1. The third-order valence-corrected chi connectivity index (χ3v) is 2.48. The minimum atomic E-state index is -0.208. The van der Waals surface area contributed by atoms with Crippen molar-refractivity contribution in [3.63, 3.8) is 0 Å². The molecule has 1 amide bonds. The maximum Gasteiger partial charge on any atom is 0.244 e. The molecule has 86 valence electrons. The van der Waals surface area contributed by atoms with Crippen molar-refractivity contribution in [2.24, 2.45) is 0 Å². The van der Waals surface area contributed by atoms with E-state index in [1.807, 2.05) is 36.4 Å². The predicted molar refractivity (Wildman–Crippen MR) is 65.3 cm³/mol. The number of carbonyl (C=O) groups excluding carboxylic acids is 1. The zero-order valence-electron chi connectivity index (χ0n) is 9.30. The minimum Gasteiger partial charge on any atom is -0.472 e. The summed E-state index contributed by atoms with van der Waals surface area (Å²) in [7, 11) is 0. The molecule has 0 spiro atoms. The predicted octanol–water partition coefficient (Wildman–Crippen LogP) is 2.67. The first-order valence-electron chi connectivity index (χ1n) is 5.31. The monoisotopic (exact) mass is 227 g/mol. The van der Waals surface area contributed by atoms with E-state index in [0.29, 0.717) is 0 Å². The summed E-state index contributed by atoms with van der Waals surface area (Å²) in [6.45, 7) is 3.45. The molecular formula is C14H13NO2. The van der Waals surface area contributed by atoms with Crippen molar-refractivity contribution in [1.82, 2.24) is 5.32 Å². The van der Waals surface area contributed by atoms with E-state index in [2.05, 4.69) is 11.9 Å².